The third-order valence-corrected chi connectivity index (χ3v) is 4.14. The normalized spacial score (nSPS) is 12.9. The van der Waals surface area contributed by atoms with Gasteiger partial charge in [0.1, 0.15) is 18.0 Å². The number of halogens is 1. The summed E-state index contributed by atoms with van der Waals surface area (Å²) in [6.45, 7) is 1.48. The highest BCUT2D eigenvalue weighted by atomic mass is 19.1. The highest BCUT2D eigenvalue weighted by molar-refractivity contribution is 5.84. The Bertz CT molecular complexity index is 733. The minimum Gasteiger partial charge on any atom is -0.479 e. The third kappa shape index (κ3) is 4.56. The zero-order valence-corrected chi connectivity index (χ0v) is 14.1. The molecule has 132 valence electrons. The second-order valence-corrected chi connectivity index (χ2v) is 5.98. The molecule has 0 heterocycles. The Morgan fingerprint density at radius 2 is 1.68 bits per heavy atom. The average Bonchev–Trinajstić information content (AvgIpc) is 2.61. The fourth-order valence-electron chi connectivity index (χ4n) is 2.36. The van der Waals surface area contributed by atoms with Gasteiger partial charge in [-0.05, 0) is 30.2 Å². The molecule has 6 heteroatoms. The molecule has 0 radical (unpaired) electrons. The van der Waals surface area contributed by atoms with Gasteiger partial charge in [0, 0.05) is 13.5 Å². The number of carboxylic acids is 1. The molecule has 0 saturated heterocycles. The van der Waals surface area contributed by atoms with Crippen LogP contribution in [-0.2, 0) is 22.6 Å². The van der Waals surface area contributed by atoms with E-state index in [0.717, 1.165) is 10.5 Å². The van der Waals surface area contributed by atoms with E-state index >= 15 is 0 Å². The number of carboxylic acid groups (broad SMARTS) is 1. The zero-order chi connectivity index (χ0) is 18.4. The predicted octanol–water partition coefficient (Wildman–Crippen LogP) is 3.48. The van der Waals surface area contributed by atoms with E-state index in [4.69, 9.17) is 4.74 Å². The number of hydrogen-bond donors (Lipinski definition) is 1. The van der Waals surface area contributed by atoms with E-state index in [-0.39, 0.29) is 13.0 Å². The lowest BCUT2D eigenvalue weighted by atomic mass is 9.91. The molecule has 0 aliphatic rings. The van der Waals surface area contributed by atoms with Gasteiger partial charge in [0.15, 0.2) is 0 Å². The maximum atomic E-state index is 13.0. The molecule has 0 saturated carbocycles. The monoisotopic (exact) mass is 345 g/mol. The van der Waals surface area contributed by atoms with Crippen LogP contribution in [0.3, 0.4) is 0 Å². The first-order valence-electron chi connectivity index (χ1n) is 7.75. The van der Waals surface area contributed by atoms with Crippen LogP contribution in [0, 0.1) is 5.82 Å². The van der Waals surface area contributed by atoms with E-state index < -0.39 is 23.4 Å². The second-order valence-electron chi connectivity index (χ2n) is 5.98. The summed E-state index contributed by atoms with van der Waals surface area (Å²) in [5.41, 5.74) is -0.111. The highest BCUT2D eigenvalue weighted by Crippen LogP contribution is 2.22. The van der Waals surface area contributed by atoms with Crippen molar-refractivity contribution in [1.29, 1.82) is 0 Å². The summed E-state index contributed by atoms with van der Waals surface area (Å²) in [6, 6.07) is 14.6. The van der Waals surface area contributed by atoms with Crippen molar-refractivity contribution in [3.8, 4) is 0 Å². The number of ether oxygens (including phenoxy) is 1. The smallest absolute Gasteiger partial charge is 0.410 e. The number of amides is 1. The number of carbonyl (C=O) groups is 2. The SMILES string of the molecule is CN(C(=O)OCc1ccccc1)C(C)(Cc1ccc(F)cc1)C(=O)O. The summed E-state index contributed by atoms with van der Waals surface area (Å²) in [6.07, 6.45) is -0.713. The average molecular weight is 345 g/mol. The van der Waals surface area contributed by atoms with Crippen LogP contribution in [0.2, 0.25) is 0 Å². The Labute approximate surface area is 145 Å². The van der Waals surface area contributed by atoms with Crippen molar-refractivity contribution in [2.24, 2.45) is 0 Å². The van der Waals surface area contributed by atoms with Gasteiger partial charge < -0.3 is 9.84 Å². The van der Waals surface area contributed by atoms with E-state index in [1.807, 2.05) is 30.3 Å². The van der Waals surface area contributed by atoms with E-state index in [1.165, 1.54) is 38.2 Å². The van der Waals surface area contributed by atoms with Crippen LogP contribution in [0.4, 0.5) is 9.18 Å². The van der Waals surface area contributed by atoms with E-state index in [9.17, 15) is 19.1 Å². The topological polar surface area (TPSA) is 66.8 Å². The summed E-state index contributed by atoms with van der Waals surface area (Å²) >= 11 is 0. The number of carbonyl (C=O) groups excluding carboxylic acids is 1. The number of hydrogen-bond acceptors (Lipinski definition) is 3. The Hall–Kier alpha value is -2.89. The van der Waals surface area contributed by atoms with Crippen molar-refractivity contribution in [1.82, 2.24) is 4.90 Å². The van der Waals surface area contributed by atoms with Crippen molar-refractivity contribution in [2.45, 2.75) is 25.5 Å². The van der Waals surface area contributed by atoms with Crippen molar-refractivity contribution < 1.29 is 23.8 Å². The first-order valence-corrected chi connectivity index (χ1v) is 7.75. The molecular weight excluding hydrogens is 325 g/mol. The molecule has 0 spiro atoms. The molecule has 2 rings (SSSR count). The predicted molar refractivity (Wildman–Crippen MR) is 90.5 cm³/mol. The molecule has 0 aromatic heterocycles. The molecule has 0 fully saturated rings. The van der Waals surface area contributed by atoms with E-state index in [0.29, 0.717) is 5.56 Å². The Kier molecular flexibility index (Phi) is 5.75. The van der Waals surface area contributed by atoms with Gasteiger partial charge in [-0.3, -0.25) is 4.90 Å². The van der Waals surface area contributed by atoms with Crippen molar-refractivity contribution in [3.63, 3.8) is 0 Å². The number of likely N-dealkylation sites (N-methyl/N-ethyl adjacent to an activating group) is 1. The van der Waals surface area contributed by atoms with Gasteiger partial charge in [0.25, 0.3) is 0 Å². The van der Waals surface area contributed by atoms with Crippen LogP contribution in [0.15, 0.2) is 54.6 Å². The molecular formula is C19H20FNO4. The summed E-state index contributed by atoms with van der Waals surface area (Å²) < 4.78 is 18.2. The fraction of sp³-hybridized carbons (Fsp3) is 0.263. The van der Waals surface area contributed by atoms with Crippen molar-refractivity contribution in [2.75, 3.05) is 7.05 Å². The fourth-order valence-corrected chi connectivity index (χ4v) is 2.36. The Balaban J connectivity index is 2.10. The number of nitrogens with zero attached hydrogens (tertiary/aromatic N) is 1. The molecule has 0 aliphatic heterocycles. The molecule has 0 aliphatic carbocycles. The molecule has 1 N–H and O–H groups in total. The highest BCUT2D eigenvalue weighted by Gasteiger charge is 2.41. The van der Waals surface area contributed by atoms with Crippen LogP contribution in [0.25, 0.3) is 0 Å². The molecule has 1 amide bonds. The minimum atomic E-state index is -1.52. The van der Waals surface area contributed by atoms with Crippen molar-refractivity contribution >= 4 is 12.1 Å². The van der Waals surface area contributed by atoms with Gasteiger partial charge in [-0.25, -0.2) is 14.0 Å². The summed E-state index contributed by atoms with van der Waals surface area (Å²) in [5.74, 6) is -1.58. The van der Waals surface area contributed by atoms with Crippen LogP contribution in [-0.4, -0.2) is 34.7 Å². The standard InChI is InChI=1S/C19H20FNO4/c1-19(17(22)23,12-14-8-10-16(20)11-9-14)21(2)18(24)25-13-15-6-4-3-5-7-15/h3-11H,12-13H2,1-2H3,(H,22,23). The lowest BCUT2D eigenvalue weighted by molar-refractivity contribution is -0.148. The minimum absolute atomic E-state index is 0.0273. The number of rotatable bonds is 6. The zero-order valence-electron chi connectivity index (χ0n) is 14.1. The second kappa shape index (κ2) is 7.79. The van der Waals surface area contributed by atoms with Crippen molar-refractivity contribution in [3.05, 3.63) is 71.5 Å². The number of benzene rings is 2. The summed E-state index contributed by atoms with van der Waals surface area (Å²) in [4.78, 5) is 25.1. The maximum Gasteiger partial charge on any atom is 0.410 e. The van der Waals surface area contributed by atoms with E-state index in [1.54, 1.807) is 0 Å². The first kappa shape index (κ1) is 18.4. The maximum absolute atomic E-state index is 13.0. The molecule has 1 unspecified atom stereocenters. The van der Waals surface area contributed by atoms with Crippen LogP contribution in [0.1, 0.15) is 18.1 Å². The van der Waals surface area contributed by atoms with Gasteiger partial charge >= 0.3 is 12.1 Å². The largest absolute Gasteiger partial charge is 0.479 e. The Morgan fingerprint density at radius 3 is 2.24 bits per heavy atom. The van der Waals surface area contributed by atoms with Crippen LogP contribution < -0.4 is 0 Å². The summed E-state index contributed by atoms with van der Waals surface area (Å²) in [7, 11) is 1.38. The number of aliphatic carboxylic acids is 1. The van der Waals surface area contributed by atoms with Gasteiger partial charge in [-0.15, -0.1) is 0 Å². The lowest BCUT2D eigenvalue weighted by Gasteiger charge is -2.34. The van der Waals surface area contributed by atoms with Gasteiger partial charge in [0.05, 0.1) is 0 Å². The third-order valence-electron chi connectivity index (χ3n) is 4.14. The lowest BCUT2D eigenvalue weighted by Crippen LogP contribution is -2.54. The first-order chi connectivity index (χ1) is 11.8. The Morgan fingerprint density at radius 1 is 1.08 bits per heavy atom. The van der Waals surface area contributed by atoms with Crippen LogP contribution >= 0.6 is 0 Å². The van der Waals surface area contributed by atoms with Gasteiger partial charge in [-0.1, -0.05) is 42.5 Å². The molecule has 25 heavy (non-hydrogen) atoms. The molecule has 2 aromatic carbocycles. The molecule has 1 atom stereocenters. The quantitative estimate of drug-likeness (QED) is 0.870. The molecule has 0 bridgehead atoms. The van der Waals surface area contributed by atoms with Crippen LogP contribution in [0.5, 0.6) is 0 Å². The summed E-state index contributed by atoms with van der Waals surface area (Å²) in [5, 5.41) is 9.63. The van der Waals surface area contributed by atoms with Gasteiger partial charge in [0.2, 0.25) is 0 Å². The van der Waals surface area contributed by atoms with Gasteiger partial charge in [-0.2, -0.15) is 0 Å². The van der Waals surface area contributed by atoms with E-state index in [2.05, 4.69) is 0 Å². The molecule has 5 nitrogen and oxygen atoms in total. The molecule has 2 aromatic rings.